The minimum atomic E-state index is -0.317. The fourth-order valence-corrected chi connectivity index (χ4v) is 3.32. The Hall–Kier alpha value is -4.20. The minimum Gasteiger partial charge on any atom is -0.497 e. The van der Waals surface area contributed by atoms with Gasteiger partial charge in [0.05, 0.1) is 19.4 Å². The van der Waals surface area contributed by atoms with Crippen LogP contribution >= 0.6 is 0 Å². The first kappa shape index (κ1) is 22.0. The highest BCUT2D eigenvalue weighted by atomic mass is 16.5. The van der Waals surface area contributed by atoms with E-state index in [0.29, 0.717) is 24.6 Å². The summed E-state index contributed by atoms with van der Waals surface area (Å²) in [6.07, 6.45) is 4.29. The smallest absolute Gasteiger partial charge is 0.274 e. The molecule has 0 spiro atoms. The molecule has 2 aromatic heterocycles. The Labute approximate surface area is 192 Å². The third-order valence-corrected chi connectivity index (χ3v) is 4.99. The van der Waals surface area contributed by atoms with E-state index in [-0.39, 0.29) is 11.6 Å². The summed E-state index contributed by atoms with van der Waals surface area (Å²) in [5, 5.41) is 11.4. The van der Waals surface area contributed by atoms with E-state index >= 15 is 0 Å². The number of hydrogen-bond donors (Lipinski definition) is 1. The number of nitrogens with one attached hydrogen (secondary N) is 1. The molecule has 1 N–H and O–H groups in total. The SMILES string of the molecule is CCCOc1ccc(CNC(=O)c2nnn(-c3cccc(OC)c3)c2-c2ccncc2)cc1. The molecule has 0 aliphatic carbocycles. The van der Waals surface area contributed by atoms with Crippen LogP contribution < -0.4 is 14.8 Å². The number of hydrogen-bond acceptors (Lipinski definition) is 6. The van der Waals surface area contributed by atoms with Crippen molar-refractivity contribution in [3.05, 3.63) is 84.3 Å². The van der Waals surface area contributed by atoms with E-state index in [4.69, 9.17) is 9.47 Å². The molecular formula is C25H25N5O3. The van der Waals surface area contributed by atoms with Crippen LogP contribution in [0.15, 0.2) is 73.1 Å². The van der Waals surface area contributed by atoms with E-state index in [0.717, 1.165) is 29.0 Å². The zero-order valence-electron chi connectivity index (χ0n) is 18.6. The Balaban J connectivity index is 1.59. The molecule has 4 aromatic rings. The molecule has 1 amide bonds. The maximum Gasteiger partial charge on any atom is 0.274 e. The van der Waals surface area contributed by atoms with Gasteiger partial charge in [0.15, 0.2) is 5.69 Å². The number of ether oxygens (including phenoxy) is 2. The topological polar surface area (TPSA) is 91.2 Å². The normalized spacial score (nSPS) is 10.6. The van der Waals surface area contributed by atoms with Crippen LogP contribution in [0, 0.1) is 0 Å². The van der Waals surface area contributed by atoms with Crippen LogP contribution in [-0.4, -0.2) is 39.6 Å². The Morgan fingerprint density at radius 1 is 1.03 bits per heavy atom. The van der Waals surface area contributed by atoms with Crippen LogP contribution in [-0.2, 0) is 6.54 Å². The van der Waals surface area contributed by atoms with Gasteiger partial charge in [0.25, 0.3) is 5.91 Å². The van der Waals surface area contributed by atoms with Gasteiger partial charge in [-0.25, -0.2) is 4.68 Å². The second-order valence-corrected chi connectivity index (χ2v) is 7.31. The first-order valence-electron chi connectivity index (χ1n) is 10.7. The third-order valence-electron chi connectivity index (χ3n) is 4.99. The second-order valence-electron chi connectivity index (χ2n) is 7.31. The summed E-state index contributed by atoms with van der Waals surface area (Å²) in [4.78, 5) is 17.2. The molecule has 0 saturated heterocycles. The van der Waals surface area contributed by atoms with E-state index in [1.165, 1.54) is 0 Å². The maximum atomic E-state index is 13.1. The zero-order chi connectivity index (χ0) is 23.0. The van der Waals surface area contributed by atoms with Crippen molar-refractivity contribution in [1.29, 1.82) is 0 Å². The monoisotopic (exact) mass is 443 g/mol. The number of methoxy groups -OCH3 is 1. The number of nitrogens with zero attached hydrogens (tertiary/aromatic N) is 4. The fraction of sp³-hybridized carbons (Fsp3) is 0.200. The predicted molar refractivity (Wildman–Crippen MR) is 125 cm³/mol. The Morgan fingerprint density at radius 2 is 1.82 bits per heavy atom. The molecule has 0 saturated carbocycles. The summed E-state index contributed by atoms with van der Waals surface area (Å²) in [5.74, 6) is 1.18. The van der Waals surface area contributed by atoms with Crippen molar-refractivity contribution in [2.45, 2.75) is 19.9 Å². The molecule has 2 heterocycles. The summed E-state index contributed by atoms with van der Waals surface area (Å²) in [6, 6.07) is 18.7. The lowest BCUT2D eigenvalue weighted by atomic mass is 10.1. The highest BCUT2D eigenvalue weighted by molar-refractivity contribution is 5.98. The van der Waals surface area contributed by atoms with Gasteiger partial charge < -0.3 is 14.8 Å². The standard InChI is InChI=1S/C25H25N5O3/c1-3-15-33-21-9-7-18(8-10-21)17-27-25(31)23-24(19-11-13-26-14-12-19)30(29-28-23)20-5-4-6-22(16-20)32-2/h4-14,16H,3,15,17H2,1-2H3,(H,27,31). The van der Waals surface area contributed by atoms with Crippen molar-refractivity contribution >= 4 is 5.91 Å². The van der Waals surface area contributed by atoms with Gasteiger partial charge in [-0.15, -0.1) is 5.10 Å². The lowest BCUT2D eigenvalue weighted by Gasteiger charge is -2.10. The van der Waals surface area contributed by atoms with Gasteiger partial charge in [-0.05, 0) is 48.4 Å². The van der Waals surface area contributed by atoms with Crippen molar-refractivity contribution in [1.82, 2.24) is 25.3 Å². The molecule has 168 valence electrons. The predicted octanol–water partition coefficient (Wildman–Crippen LogP) is 4.06. The molecule has 4 rings (SSSR count). The van der Waals surface area contributed by atoms with Gasteiger partial charge in [0, 0.05) is 30.6 Å². The van der Waals surface area contributed by atoms with Gasteiger partial charge in [-0.2, -0.15) is 0 Å². The van der Waals surface area contributed by atoms with E-state index in [9.17, 15) is 4.79 Å². The summed E-state index contributed by atoms with van der Waals surface area (Å²) in [5.41, 5.74) is 3.27. The average molecular weight is 444 g/mol. The van der Waals surface area contributed by atoms with Crippen LogP contribution in [0.1, 0.15) is 29.4 Å². The number of carbonyl (C=O) groups excluding carboxylic acids is 1. The van der Waals surface area contributed by atoms with Crippen LogP contribution in [0.4, 0.5) is 0 Å². The highest BCUT2D eigenvalue weighted by Crippen LogP contribution is 2.26. The van der Waals surface area contributed by atoms with E-state index in [1.54, 1.807) is 24.2 Å². The Morgan fingerprint density at radius 3 is 2.55 bits per heavy atom. The van der Waals surface area contributed by atoms with E-state index in [1.807, 2.05) is 60.7 Å². The van der Waals surface area contributed by atoms with Crippen LogP contribution in [0.3, 0.4) is 0 Å². The number of benzene rings is 2. The van der Waals surface area contributed by atoms with Crippen molar-refractivity contribution in [2.75, 3.05) is 13.7 Å². The molecule has 8 nitrogen and oxygen atoms in total. The minimum absolute atomic E-state index is 0.229. The van der Waals surface area contributed by atoms with Gasteiger partial charge in [0.1, 0.15) is 17.2 Å². The summed E-state index contributed by atoms with van der Waals surface area (Å²) >= 11 is 0. The van der Waals surface area contributed by atoms with Crippen LogP contribution in [0.25, 0.3) is 16.9 Å². The number of aromatic nitrogens is 4. The largest absolute Gasteiger partial charge is 0.497 e. The third kappa shape index (κ3) is 5.17. The van der Waals surface area contributed by atoms with Gasteiger partial charge >= 0.3 is 0 Å². The molecule has 0 radical (unpaired) electrons. The number of amides is 1. The molecule has 8 heteroatoms. The molecule has 33 heavy (non-hydrogen) atoms. The number of rotatable bonds is 9. The molecule has 0 aliphatic heterocycles. The van der Waals surface area contributed by atoms with Gasteiger partial charge in [0.2, 0.25) is 0 Å². The summed E-state index contributed by atoms with van der Waals surface area (Å²) in [6.45, 7) is 3.10. The molecule has 0 atom stereocenters. The van der Waals surface area contributed by atoms with Crippen molar-refractivity contribution in [3.8, 4) is 28.4 Å². The molecule has 0 aliphatic rings. The zero-order valence-corrected chi connectivity index (χ0v) is 18.6. The highest BCUT2D eigenvalue weighted by Gasteiger charge is 2.22. The summed E-state index contributed by atoms with van der Waals surface area (Å²) < 4.78 is 12.6. The van der Waals surface area contributed by atoms with Crippen LogP contribution in [0.2, 0.25) is 0 Å². The average Bonchev–Trinajstić information content (AvgIpc) is 3.32. The van der Waals surface area contributed by atoms with Crippen molar-refractivity contribution < 1.29 is 14.3 Å². The molecule has 2 aromatic carbocycles. The maximum absolute atomic E-state index is 13.1. The quantitative estimate of drug-likeness (QED) is 0.420. The Kier molecular flexibility index (Phi) is 6.94. The number of pyridine rings is 1. The summed E-state index contributed by atoms with van der Waals surface area (Å²) in [7, 11) is 1.60. The van der Waals surface area contributed by atoms with Gasteiger partial charge in [-0.1, -0.05) is 30.3 Å². The van der Waals surface area contributed by atoms with Gasteiger partial charge in [-0.3, -0.25) is 9.78 Å². The Bertz CT molecular complexity index is 1210. The lowest BCUT2D eigenvalue weighted by Crippen LogP contribution is -2.24. The van der Waals surface area contributed by atoms with Crippen molar-refractivity contribution in [2.24, 2.45) is 0 Å². The van der Waals surface area contributed by atoms with Crippen LogP contribution in [0.5, 0.6) is 11.5 Å². The first-order valence-corrected chi connectivity index (χ1v) is 10.7. The second kappa shape index (κ2) is 10.4. The molecular weight excluding hydrogens is 418 g/mol. The van der Waals surface area contributed by atoms with E-state index < -0.39 is 0 Å². The van der Waals surface area contributed by atoms with Crippen molar-refractivity contribution in [3.63, 3.8) is 0 Å². The molecule has 0 fully saturated rings. The lowest BCUT2D eigenvalue weighted by molar-refractivity contribution is 0.0946. The fourth-order valence-electron chi connectivity index (χ4n) is 3.32. The van der Waals surface area contributed by atoms with E-state index in [2.05, 4.69) is 27.5 Å². The first-order chi connectivity index (χ1) is 16.2. The number of carbonyl (C=O) groups is 1. The molecule has 0 bridgehead atoms. The molecule has 0 unspecified atom stereocenters.